The van der Waals surface area contributed by atoms with Gasteiger partial charge in [-0.2, -0.15) is 5.26 Å². The maximum absolute atomic E-state index is 13.5. The summed E-state index contributed by atoms with van der Waals surface area (Å²) in [4.78, 5) is 11.9. The lowest BCUT2D eigenvalue weighted by Crippen LogP contribution is -2.17. The van der Waals surface area contributed by atoms with Gasteiger partial charge in [-0.05, 0) is 18.2 Å². The summed E-state index contributed by atoms with van der Waals surface area (Å²) < 4.78 is 39.8. The average Bonchev–Trinajstić information content (AvgIpc) is 2.37. The van der Waals surface area contributed by atoms with E-state index in [9.17, 15) is 18.0 Å². The molecule has 0 fully saturated rings. The number of nitriles is 1. The van der Waals surface area contributed by atoms with E-state index in [1.54, 1.807) is 6.07 Å². The van der Waals surface area contributed by atoms with Gasteiger partial charge in [0.25, 0.3) is 5.91 Å². The summed E-state index contributed by atoms with van der Waals surface area (Å²) in [6, 6.07) is 6.61. The van der Waals surface area contributed by atoms with Crippen LogP contribution in [-0.2, 0) is 0 Å². The van der Waals surface area contributed by atoms with Gasteiger partial charge < -0.3 is 5.32 Å². The molecule has 0 bridgehead atoms. The Labute approximate surface area is 122 Å². The first-order chi connectivity index (χ1) is 9.92. The molecule has 3 nitrogen and oxygen atoms in total. The Kier molecular flexibility index (Phi) is 4.15. The van der Waals surface area contributed by atoms with Crippen LogP contribution in [-0.4, -0.2) is 5.91 Å². The highest BCUT2D eigenvalue weighted by atomic mass is 35.5. The molecule has 0 saturated carbocycles. The minimum Gasteiger partial charge on any atom is -0.321 e. The number of rotatable bonds is 2. The van der Waals surface area contributed by atoms with Crippen molar-refractivity contribution < 1.29 is 18.0 Å². The Morgan fingerprint density at radius 1 is 1.14 bits per heavy atom. The lowest BCUT2D eigenvalue weighted by molar-refractivity contribution is 0.101. The first kappa shape index (κ1) is 14.9. The molecule has 0 aliphatic heterocycles. The molecular formula is C14H6ClF3N2O. The molecule has 2 aromatic carbocycles. The summed E-state index contributed by atoms with van der Waals surface area (Å²) >= 11 is 5.73. The van der Waals surface area contributed by atoms with Crippen LogP contribution >= 0.6 is 11.6 Å². The minimum atomic E-state index is -1.34. The topological polar surface area (TPSA) is 52.9 Å². The minimum absolute atomic E-state index is 0.00174. The van der Waals surface area contributed by atoms with E-state index in [-0.39, 0.29) is 16.3 Å². The molecule has 0 atom stereocenters. The van der Waals surface area contributed by atoms with Gasteiger partial charge in [0.1, 0.15) is 29.1 Å². The molecule has 2 rings (SSSR count). The van der Waals surface area contributed by atoms with Crippen LogP contribution in [0.1, 0.15) is 15.9 Å². The maximum Gasteiger partial charge on any atom is 0.261 e. The van der Waals surface area contributed by atoms with Crippen LogP contribution in [0.5, 0.6) is 0 Å². The predicted molar refractivity (Wildman–Crippen MR) is 70.4 cm³/mol. The first-order valence-corrected chi connectivity index (χ1v) is 5.95. The molecule has 0 aromatic heterocycles. The fraction of sp³-hybridized carbons (Fsp3) is 0. The normalized spacial score (nSPS) is 10.0. The summed E-state index contributed by atoms with van der Waals surface area (Å²) in [6.45, 7) is 0. The third-order valence-corrected chi connectivity index (χ3v) is 2.82. The number of nitrogens with zero attached hydrogens (tertiary/aromatic N) is 1. The molecule has 0 heterocycles. The van der Waals surface area contributed by atoms with Crippen LogP contribution in [0.15, 0.2) is 30.3 Å². The van der Waals surface area contributed by atoms with E-state index in [1.165, 1.54) is 18.2 Å². The molecule has 1 N–H and O–H groups in total. The molecule has 0 aliphatic rings. The summed E-state index contributed by atoms with van der Waals surface area (Å²) in [6.07, 6.45) is 0. The number of hydrogen-bond donors (Lipinski definition) is 1. The van der Waals surface area contributed by atoms with Crippen molar-refractivity contribution in [3.8, 4) is 6.07 Å². The number of nitrogens with one attached hydrogen (secondary N) is 1. The van der Waals surface area contributed by atoms with E-state index in [2.05, 4.69) is 5.32 Å². The molecule has 0 unspecified atom stereocenters. The van der Waals surface area contributed by atoms with Crippen molar-refractivity contribution in [1.29, 1.82) is 5.26 Å². The second kappa shape index (κ2) is 5.85. The van der Waals surface area contributed by atoms with Crippen molar-refractivity contribution in [3.63, 3.8) is 0 Å². The smallest absolute Gasteiger partial charge is 0.261 e. The number of carbonyl (C=O) groups is 1. The quantitative estimate of drug-likeness (QED) is 0.915. The number of carbonyl (C=O) groups excluding carboxylic acids is 1. The SMILES string of the molecule is N#Cc1ccc(Cl)cc1NC(=O)c1c(F)cc(F)cc1F. The molecule has 106 valence electrons. The molecule has 0 saturated heterocycles. The third kappa shape index (κ3) is 3.15. The lowest BCUT2D eigenvalue weighted by atomic mass is 10.1. The highest BCUT2D eigenvalue weighted by molar-refractivity contribution is 6.31. The van der Waals surface area contributed by atoms with Crippen molar-refractivity contribution in [3.05, 3.63) is 63.9 Å². The molecule has 1 amide bonds. The summed E-state index contributed by atoms with van der Waals surface area (Å²) in [7, 11) is 0. The Morgan fingerprint density at radius 3 is 2.33 bits per heavy atom. The number of anilines is 1. The van der Waals surface area contributed by atoms with E-state index in [0.29, 0.717) is 12.1 Å². The maximum atomic E-state index is 13.5. The van der Waals surface area contributed by atoms with E-state index >= 15 is 0 Å². The molecular weight excluding hydrogens is 305 g/mol. The lowest BCUT2D eigenvalue weighted by Gasteiger charge is -2.09. The number of amides is 1. The Bertz CT molecular complexity index is 748. The monoisotopic (exact) mass is 310 g/mol. The van der Waals surface area contributed by atoms with Gasteiger partial charge >= 0.3 is 0 Å². The summed E-state index contributed by atoms with van der Waals surface area (Å²) in [5, 5.41) is 11.3. The zero-order valence-electron chi connectivity index (χ0n) is 10.3. The number of halogens is 4. The molecule has 0 radical (unpaired) electrons. The first-order valence-electron chi connectivity index (χ1n) is 5.58. The third-order valence-electron chi connectivity index (χ3n) is 2.58. The van der Waals surface area contributed by atoms with Gasteiger partial charge in [0.2, 0.25) is 0 Å². The van der Waals surface area contributed by atoms with E-state index < -0.39 is 28.9 Å². The second-order valence-corrected chi connectivity index (χ2v) is 4.44. The van der Waals surface area contributed by atoms with Crippen molar-refractivity contribution in [2.45, 2.75) is 0 Å². The van der Waals surface area contributed by atoms with Gasteiger partial charge in [-0.3, -0.25) is 4.79 Å². The second-order valence-electron chi connectivity index (χ2n) is 4.00. The fourth-order valence-electron chi connectivity index (χ4n) is 1.66. The number of hydrogen-bond acceptors (Lipinski definition) is 2. The molecule has 7 heteroatoms. The van der Waals surface area contributed by atoms with Gasteiger partial charge in [-0.25, -0.2) is 13.2 Å². The van der Waals surface area contributed by atoms with Gasteiger partial charge in [0.05, 0.1) is 11.3 Å². The van der Waals surface area contributed by atoms with Crippen LogP contribution in [0.25, 0.3) is 0 Å². The van der Waals surface area contributed by atoms with Crippen molar-refractivity contribution in [2.24, 2.45) is 0 Å². The fourth-order valence-corrected chi connectivity index (χ4v) is 1.83. The highest BCUT2D eigenvalue weighted by Gasteiger charge is 2.20. The van der Waals surface area contributed by atoms with Crippen LogP contribution in [0, 0.1) is 28.8 Å². The number of benzene rings is 2. The van der Waals surface area contributed by atoms with Gasteiger partial charge in [-0.15, -0.1) is 0 Å². The zero-order valence-corrected chi connectivity index (χ0v) is 11.0. The van der Waals surface area contributed by atoms with Gasteiger partial charge in [0.15, 0.2) is 0 Å². The highest BCUT2D eigenvalue weighted by Crippen LogP contribution is 2.22. The van der Waals surface area contributed by atoms with Crippen molar-refractivity contribution in [1.82, 2.24) is 0 Å². The molecule has 0 spiro atoms. The molecule has 0 aliphatic carbocycles. The largest absolute Gasteiger partial charge is 0.321 e. The Balaban J connectivity index is 2.40. The predicted octanol–water partition coefficient (Wildman–Crippen LogP) is 3.88. The zero-order chi connectivity index (χ0) is 15.6. The summed E-state index contributed by atoms with van der Waals surface area (Å²) in [5.41, 5.74) is -0.880. The standard InChI is InChI=1S/C14H6ClF3N2O/c15-8-2-1-7(6-19)12(3-8)20-14(21)13-10(17)4-9(16)5-11(13)18/h1-5H,(H,20,21). The molecule has 2 aromatic rings. The van der Waals surface area contributed by atoms with E-state index in [0.717, 1.165) is 0 Å². The van der Waals surface area contributed by atoms with Gasteiger partial charge in [-0.1, -0.05) is 11.6 Å². The van der Waals surface area contributed by atoms with Crippen molar-refractivity contribution >= 4 is 23.2 Å². The van der Waals surface area contributed by atoms with E-state index in [1.807, 2.05) is 0 Å². The Hall–Kier alpha value is -2.52. The summed E-state index contributed by atoms with van der Waals surface area (Å²) in [5.74, 6) is -4.97. The average molecular weight is 311 g/mol. The van der Waals surface area contributed by atoms with E-state index in [4.69, 9.17) is 16.9 Å². The van der Waals surface area contributed by atoms with Crippen LogP contribution < -0.4 is 5.32 Å². The van der Waals surface area contributed by atoms with Crippen LogP contribution in [0.2, 0.25) is 5.02 Å². The van der Waals surface area contributed by atoms with Crippen LogP contribution in [0.3, 0.4) is 0 Å². The van der Waals surface area contributed by atoms with Crippen LogP contribution in [0.4, 0.5) is 18.9 Å². The Morgan fingerprint density at radius 2 is 1.76 bits per heavy atom. The molecule has 21 heavy (non-hydrogen) atoms. The van der Waals surface area contributed by atoms with Gasteiger partial charge in [0, 0.05) is 17.2 Å². The van der Waals surface area contributed by atoms with Crippen molar-refractivity contribution in [2.75, 3.05) is 5.32 Å².